The molecule has 18 heavy (non-hydrogen) atoms. The molecule has 0 aromatic carbocycles. The molecular weight excluding hydrogens is 318 g/mol. The molecular formula is C12H11BrClN3O. The van der Waals surface area contributed by atoms with Crippen LogP contribution in [0.3, 0.4) is 0 Å². The van der Waals surface area contributed by atoms with Crippen molar-refractivity contribution in [1.82, 2.24) is 15.3 Å². The lowest BCUT2D eigenvalue weighted by Gasteiger charge is -2.10. The van der Waals surface area contributed by atoms with E-state index < -0.39 is 0 Å². The van der Waals surface area contributed by atoms with E-state index in [2.05, 4.69) is 31.2 Å². The Morgan fingerprint density at radius 3 is 2.89 bits per heavy atom. The third-order valence-corrected chi connectivity index (χ3v) is 2.79. The summed E-state index contributed by atoms with van der Waals surface area (Å²) in [4.78, 5) is 8.21. The Balaban J connectivity index is 2.28. The highest BCUT2D eigenvalue weighted by atomic mass is 79.9. The van der Waals surface area contributed by atoms with Crippen LogP contribution in [0.2, 0.25) is 5.02 Å². The molecule has 94 valence electrons. The molecule has 0 atom stereocenters. The molecule has 0 amide bonds. The van der Waals surface area contributed by atoms with Gasteiger partial charge in [0.2, 0.25) is 5.88 Å². The molecule has 4 nitrogen and oxygen atoms in total. The van der Waals surface area contributed by atoms with Gasteiger partial charge in [-0.1, -0.05) is 11.6 Å². The molecule has 0 aliphatic rings. The molecule has 0 aliphatic heterocycles. The van der Waals surface area contributed by atoms with Gasteiger partial charge in [-0.15, -0.1) is 0 Å². The quantitative estimate of drug-likeness (QED) is 0.934. The summed E-state index contributed by atoms with van der Waals surface area (Å²) in [6, 6.07) is 3.65. The van der Waals surface area contributed by atoms with Crippen LogP contribution >= 0.6 is 27.5 Å². The Hall–Kier alpha value is -1.17. The van der Waals surface area contributed by atoms with Gasteiger partial charge in [0, 0.05) is 35.0 Å². The van der Waals surface area contributed by atoms with Gasteiger partial charge in [0.15, 0.2) is 0 Å². The Bertz CT molecular complexity index is 551. The lowest BCUT2D eigenvalue weighted by atomic mass is 10.2. The van der Waals surface area contributed by atoms with Crippen molar-refractivity contribution in [3.63, 3.8) is 0 Å². The zero-order chi connectivity index (χ0) is 13.0. The summed E-state index contributed by atoms with van der Waals surface area (Å²) in [6.07, 6.45) is 4.84. The van der Waals surface area contributed by atoms with Crippen LogP contribution < -0.4 is 10.1 Å². The van der Waals surface area contributed by atoms with Crippen molar-refractivity contribution in [3.05, 3.63) is 45.8 Å². The van der Waals surface area contributed by atoms with Crippen molar-refractivity contribution in [1.29, 1.82) is 0 Å². The van der Waals surface area contributed by atoms with Gasteiger partial charge in [-0.3, -0.25) is 4.98 Å². The maximum atomic E-state index is 5.85. The maximum absolute atomic E-state index is 5.85. The van der Waals surface area contributed by atoms with Crippen molar-refractivity contribution < 1.29 is 4.74 Å². The van der Waals surface area contributed by atoms with E-state index in [-0.39, 0.29) is 0 Å². The molecule has 0 aliphatic carbocycles. The minimum atomic E-state index is 0.528. The summed E-state index contributed by atoms with van der Waals surface area (Å²) in [5.74, 6) is 1.10. The van der Waals surface area contributed by atoms with Gasteiger partial charge in [0.05, 0.1) is 11.2 Å². The summed E-state index contributed by atoms with van der Waals surface area (Å²) in [5, 5.41) is 3.59. The molecule has 0 saturated carbocycles. The minimum absolute atomic E-state index is 0.528. The first-order chi connectivity index (χ1) is 8.69. The molecule has 0 spiro atoms. The summed E-state index contributed by atoms with van der Waals surface area (Å²) in [5.41, 5.74) is 0.951. The third kappa shape index (κ3) is 3.41. The summed E-state index contributed by atoms with van der Waals surface area (Å²) in [6.45, 7) is 0.662. The second-order valence-corrected chi connectivity index (χ2v) is 4.94. The van der Waals surface area contributed by atoms with Gasteiger partial charge in [-0.25, -0.2) is 4.98 Å². The third-order valence-electron chi connectivity index (χ3n) is 2.15. The molecule has 0 radical (unpaired) electrons. The number of ether oxygens (including phenoxy) is 1. The fraction of sp³-hybridized carbons (Fsp3) is 0.167. The van der Waals surface area contributed by atoms with Crippen LogP contribution in [0.4, 0.5) is 0 Å². The van der Waals surface area contributed by atoms with Crippen LogP contribution in [0, 0.1) is 0 Å². The van der Waals surface area contributed by atoms with Crippen molar-refractivity contribution >= 4 is 27.5 Å². The number of pyridine rings is 2. The monoisotopic (exact) mass is 327 g/mol. The Labute approximate surface area is 118 Å². The van der Waals surface area contributed by atoms with Crippen LogP contribution in [0.5, 0.6) is 11.6 Å². The molecule has 2 aromatic heterocycles. The normalized spacial score (nSPS) is 10.4. The molecule has 6 heteroatoms. The summed E-state index contributed by atoms with van der Waals surface area (Å²) in [7, 11) is 1.87. The first-order valence-electron chi connectivity index (χ1n) is 5.26. The highest BCUT2D eigenvalue weighted by molar-refractivity contribution is 9.10. The standard InChI is InChI=1S/C12H11BrClN3O/c1-15-4-8-2-9(13)5-17-12(8)18-11-3-10(14)6-16-7-11/h2-3,5-7,15H,4H2,1H3. The van der Waals surface area contributed by atoms with Gasteiger partial charge < -0.3 is 10.1 Å². The maximum Gasteiger partial charge on any atom is 0.223 e. The zero-order valence-electron chi connectivity index (χ0n) is 9.65. The van der Waals surface area contributed by atoms with Crippen LogP contribution in [-0.2, 0) is 6.54 Å². The molecule has 2 heterocycles. The average Bonchev–Trinajstić information content (AvgIpc) is 2.33. The van der Waals surface area contributed by atoms with E-state index in [4.69, 9.17) is 16.3 Å². The minimum Gasteiger partial charge on any atom is -0.437 e. The number of nitrogens with one attached hydrogen (secondary N) is 1. The predicted molar refractivity (Wildman–Crippen MR) is 74.0 cm³/mol. The van der Waals surface area contributed by atoms with Crippen LogP contribution in [0.15, 0.2) is 35.2 Å². The number of aromatic nitrogens is 2. The molecule has 2 rings (SSSR count). The molecule has 0 saturated heterocycles. The van der Waals surface area contributed by atoms with E-state index in [9.17, 15) is 0 Å². The first-order valence-corrected chi connectivity index (χ1v) is 6.43. The van der Waals surface area contributed by atoms with E-state index in [1.165, 1.54) is 0 Å². The summed E-state index contributed by atoms with van der Waals surface area (Å²) < 4.78 is 6.59. The first kappa shape index (κ1) is 13.3. The van der Waals surface area contributed by atoms with Crippen molar-refractivity contribution in [2.75, 3.05) is 7.05 Å². The number of rotatable bonds is 4. The molecule has 0 unspecified atom stereocenters. The highest BCUT2D eigenvalue weighted by Gasteiger charge is 2.07. The van der Waals surface area contributed by atoms with Crippen LogP contribution in [-0.4, -0.2) is 17.0 Å². The second kappa shape index (κ2) is 6.13. The SMILES string of the molecule is CNCc1cc(Br)cnc1Oc1cncc(Cl)c1. The molecule has 2 aromatic rings. The van der Waals surface area contributed by atoms with E-state index >= 15 is 0 Å². The Kier molecular flexibility index (Phi) is 4.52. The summed E-state index contributed by atoms with van der Waals surface area (Å²) >= 11 is 9.24. The lowest BCUT2D eigenvalue weighted by Crippen LogP contribution is -2.07. The number of hydrogen-bond acceptors (Lipinski definition) is 4. The Morgan fingerprint density at radius 1 is 1.33 bits per heavy atom. The second-order valence-electron chi connectivity index (χ2n) is 3.59. The van der Waals surface area contributed by atoms with Crippen molar-refractivity contribution in [2.24, 2.45) is 0 Å². The predicted octanol–water partition coefficient (Wildman–Crippen LogP) is 3.40. The molecule has 0 bridgehead atoms. The fourth-order valence-electron chi connectivity index (χ4n) is 1.44. The van der Waals surface area contributed by atoms with Crippen LogP contribution in [0.25, 0.3) is 0 Å². The van der Waals surface area contributed by atoms with E-state index in [0.29, 0.717) is 23.2 Å². The fourth-order valence-corrected chi connectivity index (χ4v) is 1.98. The molecule has 1 N–H and O–H groups in total. The van der Waals surface area contributed by atoms with Gasteiger partial charge in [0.1, 0.15) is 5.75 Å². The van der Waals surface area contributed by atoms with Gasteiger partial charge >= 0.3 is 0 Å². The van der Waals surface area contributed by atoms with Crippen molar-refractivity contribution in [3.8, 4) is 11.6 Å². The zero-order valence-corrected chi connectivity index (χ0v) is 12.0. The van der Waals surface area contributed by atoms with E-state index in [1.54, 1.807) is 24.7 Å². The number of halogens is 2. The number of hydrogen-bond donors (Lipinski definition) is 1. The number of nitrogens with zero attached hydrogens (tertiary/aromatic N) is 2. The van der Waals surface area contributed by atoms with Gasteiger partial charge in [-0.2, -0.15) is 0 Å². The van der Waals surface area contributed by atoms with Gasteiger partial charge in [-0.05, 0) is 29.0 Å². The largest absolute Gasteiger partial charge is 0.437 e. The van der Waals surface area contributed by atoms with E-state index in [0.717, 1.165) is 10.0 Å². The smallest absolute Gasteiger partial charge is 0.223 e. The van der Waals surface area contributed by atoms with Crippen molar-refractivity contribution in [2.45, 2.75) is 6.54 Å². The lowest BCUT2D eigenvalue weighted by molar-refractivity contribution is 0.452. The Morgan fingerprint density at radius 2 is 2.17 bits per heavy atom. The van der Waals surface area contributed by atoms with Crippen LogP contribution in [0.1, 0.15) is 5.56 Å². The average molecular weight is 329 g/mol. The topological polar surface area (TPSA) is 47.0 Å². The highest BCUT2D eigenvalue weighted by Crippen LogP contribution is 2.26. The molecule has 0 fully saturated rings. The van der Waals surface area contributed by atoms with E-state index in [1.807, 2.05) is 13.1 Å². The van der Waals surface area contributed by atoms with Gasteiger partial charge in [0.25, 0.3) is 0 Å².